The van der Waals surface area contributed by atoms with Crippen LogP contribution in [0.2, 0.25) is 0 Å². The lowest BCUT2D eigenvalue weighted by Crippen LogP contribution is -2.33. The molecule has 0 aromatic carbocycles. The largest absolute Gasteiger partial charge is 0.373 e. The number of hydrogen-bond acceptors (Lipinski definition) is 4. The minimum atomic E-state index is 0.137. The van der Waals surface area contributed by atoms with Gasteiger partial charge >= 0.3 is 0 Å². The summed E-state index contributed by atoms with van der Waals surface area (Å²) in [6.45, 7) is 7.02. The van der Waals surface area contributed by atoms with Gasteiger partial charge in [0.05, 0.1) is 18.3 Å². The van der Waals surface area contributed by atoms with Gasteiger partial charge in [0.25, 0.3) is 0 Å². The van der Waals surface area contributed by atoms with Crippen LogP contribution in [0.25, 0.3) is 0 Å². The highest BCUT2D eigenvalue weighted by atomic mass is 16.5. The molecule has 2 aromatic heterocycles. The third kappa shape index (κ3) is 3.23. The van der Waals surface area contributed by atoms with Gasteiger partial charge in [-0.05, 0) is 26.7 Å². The first-order valence-electron chi connectivity index (χ1n) is 8.14. The maximum absolute atomic E-state index is 5.98. The van der Waals surface area contributed by atoms with Crippen LogP contribution in [0, 0.1) is 5.92 Å². The van der Waals surface area contributed by atoms with Crippen LogP contribution in [-0.2, 0) is 11.3 Å². The van der Waals surface area contributed by atoms with Crippen LogP contribution in [0.3, 0.4) is 0 Å². The summed E-state index contributed by atoms with van der Waals surface area (Å²) in [5.74, 6) is 1.57. The molecule has 0 amide bonds. The fraction of sp³-hybridized carbons (Fsp3) is 0.625. The summed E-state index contributed by atoms with van der Waals surface area (Å²) in [6.07, 6.45) is 10.2. The lowest BCUT2D eigenvalue weighted by molar-refractivity contribution is -0.0284. The van der Waals surface area contributed by atoms with E-state index in [-0.39, 0.29) is 12.1 Å². The molecule has 0 aliphatic carbocycles. The number of rotatable bonds is 6. The average molecular weight is 303 g/mol. The molecular weight excluding hydrogens is 278 g/mol. The van der Waals surface area contributed by atoms with Gasteiger partial charge < -0.3 is 14.6 Å². The van der Waals surface area contributed by atoms with Gasteiger partial charge in [-0.3, -0.25) is 5.10 Å². The number of aromatic amines is 1. The van der Waals surface area contributed by atoms with Crippen LogP contribution in [0.5, 0.6) is 0 Å². The van der Waals surface area contributed by atoms with Crippen molar-refractivity contribution in [3.63, 3.8) is 0 Å². The van der Waals surface area contributed by atoms with Crippen molar-refractivity contribution in [3.8, 4) is 0 Å². The number of H-pyrrole nitrogens is 1. The molecule has 1 unspecified atom stereocenters. The Hall–Kier alpha value is -1.66. The summed E-state index contributed by atoms with van der Waals surface area (Å²) in [5, 5.41) is 10.6. The van der Waals surface area contributed by atoms with Crippen LogP contribution in [0.4, 0.5) is 0 Å². The fourth-order valence-electron chi connectivity index (χ4n) is 3.23. The van der Waals surface area contributed by atoms with Crippen molar-refractivity contribution in [1.82, 2.24) is 25.1 Å². The third-order valence-electron chi connectivity index (χ3n) is 4.45. The van der Waals surface area contributed by atoms with Gasteiger partial charge in [0, 0.05) is 49.8 Å². The molecular formula is C16H25N5O. The number of nitrogens with one attached hydrogen (secondary N) is 2. The van der Waals surface area contributed by atoms with E-state index in [2.05, 4.69) is 38.9 Å². The van der Waals surface area contributed by atoms with E-state index in [1.165, 1.54) is 6.42 Å². The van der Waals surface area contributed by atoms with Gasteiger partial charge in [-0.2, -0.15) is 5.10 Å². The standard InChI is InChI=1S/C16H25N5O/c1-3-21-7-6-17-16(21)12(2)18-9-13-5-4-8-22-15(13)14-10-19-20-11-14/h6-7,10-13,15,18H,3-5,8-9H2,1-2H3,(H,19,20)/t12?,13-,15+/m0/s1. The van der Waals surface area contributed by atoms with Gasteiger partial charge in [0.15, 0.2) is 0 Å². The smallest absolute Gasteiger partial charge is 0.125 e. The van der Waals surface area contributed by atoms with Gasteiger partial charge in [-0.1, -0.05) is 0 Å². The molecule has 1 aliphatic heterocycles. The van der Waals surface area contributed by atoms with E-state index in [1.54, 1.807) is 0 Å². The van der Waals surface area contributed by atoms with E-state index in [4.69, 9.17) is 4.74 Å². The highest BCUT2D eigenvalue weighted by Crippen LogP contribution is 2.33. The van der Waals surface area contributed by atoms with Gasteiger partial charge in [0.1, 0.15) is 5.82 Å². The van der Waals surface area contributed by atoms with Crippen LogP contribution < -0.4 is 5.32 Å². The first-order chi connectivity index (χ1) is 10.8. The first-order valence-corrected chi connectivity index (χ1v) is 8.14. The number of imidazole rings is 1. The Morgan fingerprint density at radius 3 is 3.23 bits per heavy atom. The Balaban J connectivity index is 1.61. The molecule has 3 heterocycles. The summed E-state index contributed by atoms with van der Waals surface area (Å²) in [4.78, 5) is 4.47. The molecule has 2 N–H and O–H groups in total. The van der Waals surface area contributed by atoms with E-state index in [0.29, 0.717) is 5.92 Å². The molecule has 2 aromatic rings. The second-order valence-electron chi connectivity index (χ2n) is 5.93. The van der Waals surface area contributed by atoms with Gasteiger partial charge in [-0.25, -0.2) is 4.98 Å². The molecule has 1 saturated heterocycles. The van der Waals surface area contributed by atoms with E-state index in [1.807, 2.05) is 24.8 Å². The zero-order chi connectivity index (χ0) is 15.4. The SMILES string of the molecule is CCn1ccnc1C(C)NC[C@@H]1CCCO[C@H]1c1cn[nH]c1. The molecule has 22 heavy (non-hydrogen) atoms. The quantitative estimate of drug-likeness (QED) is 0.860. The Morgan fingerprint density at radius 2 is 2.45 bits per heavy atom. The van der Waals surface area contributed by atoms with Crippen molar-refractivity contribution in [2.24, 2.45) is 5.92 Å². The molecule has 6 nitrogen and oxygen atoms in total. The van der Waals surface area contributed by atoms with Gasteiger partial charge in [0.2, 0.25) is 0 Å². The second kappa shape index (κ2) is 7.07. The summed E-state index contributed by atoms with van der Waals surface area (Å²) >= 11 is 0. The molecule has 0 spiro atoms. The first kappa shape index (κ1) is 15.2. The minimum absolute atomic E-state index is 0.137. The van der Waals surface area contributed by atoms with Crippen LogP contribution in [0.1, 0.15) is 50.2 Å². The average Bonchev–Trinajstić information content (AvgIpc) is 3.23. The molecule has 0 radical (unpaired) electrons. The van der Waals surface area contributed by atoms with Crippen molar-refractivity contribution < 1.29 is 4.74 Å². The summed E-state index contributed by atoms with van der Waals surface area (Å²) in [6, 6.07) is 0.238. The molecule has 3 atom stereocenters. The molecule has 0 saturated carbocycles. The number of hydrogen-bond donors (Lipinski definition) is 2. The van der Waals surface area contributed by atoms with E-state index >= 15 is 0 Å². The summed E-state index contributed by atoms with van der Waals surface area (Å²) in [5.41, 5.74) is 1.15. The Morgan fingerprint density at radius 1 is 1.55 bits per heavy atom. The van der Waals surface area contributed by atoms with Gasteiger partial charge in [-0.15, -0.1) is 0 Å². The lowest BCUT2D eigenvalue weighted by atomic mass is 9.90. The third-order valence-corrected chi connectivity index (χ3v) is 4.45. The predicted molar refractivity (Wildman–Crippen MR) is 84.3 cm³/mol. The molecule has 120 valence electrons. The highest BCUT2D eigenvalue weighted by molar-refractivity contribution is 5.10. The second-order valence-corrected chi connectivity index (χ2v) is 5.93. The monoisotopic (exact) mass is 303 g/mol. The van der Waals surface area contributed by atoms with Crippen LogP contribution in [0.15, 0.2) is 24.8 Å². The summed E-state index contributed by atoms with van der Waals surface area (Å²) in [7, 11) is 0. The molecule has 6 heteroatoms. The molecule has 0 bridgehead atoms. The topological polar surface area (TPSA) is 67.8 Å². The van der Waals surface area contributed by atoms with E-state index in [0.717, 1.165) is 37.5 Å². The van der Waals surface area contributed by atoms with Crippen molar-refractivity contribution >= 4 is 0 Å². The van der Waals surface area contributed by atoms with Crippen LogP contribution in [-0.4, -0.2) is 32.9 Å². The highest BCUT2D eigenvalue weighted by Gasteiger charge is 2.28. The maximum atomic E-state index is 5.98. The fourth-order valence-corrected chi connectivity index (χ4v) is 3.23. The van der Waals surface area contributed by atoms with Crippen molar-refractivity contribution in [1.29, 1.82) is 0 Å². The number of aromatic nitrogens is 4. The Labute approximate surface area is 131 Å². The maximum Gasteiger partial charge on any atom is 0.125 e. The molecule has 3 rings (SSSR count). The predicted octanol–water partition coefficient (Wildman–Crippen LogP) is 2.44. The Bertz CT molecular complexity index is 565. The lowest BCUT2D eigenvalue weighted by Gasteiger charge is -2.32. The van der Waals surface area contributed by atoms with E-state index in [9.17, 15) is 0 Å². The van der Waals surface area contributed by atoms with Crippen molar-refractivity contribution in [2.75, 3.05) is 13.2 Å². The van der Waals surface area contributed by atoms with Crippen molar-refractivity contribution in [3.05, 3.63) is 36.2 Å². The number of nitrogens with zero attached hydrogens (tertiary/aromatic N) is 3. The zero-order valence-electron chi connectivity index (χ0n) is 13.3. The molecule has 1 aliphatic rings. The minimum Gasteiger partial charge on any atom is -0.373 e. The Kier molecular flexibility index (Phi) is 4.90. The molecule has 1 fully saturated rings. The number of aryl methyl sites for hydroxylation is 1. The normalized spacial score (nSPS) is 23.5. The number of ether oxygens (including phenoxy) is 1. The van der Waals surface area contributed by atoms with Crippen LogP contribution >= 0.6 is 0 Å². The summed E-state index contributed by atoms with van der Waals surface area (Å²) < 4.78 is 8.17. The van der Waals surface area contributed by atoms with Crippen molar-refractivity contribution in [2.45, 2.75) is 45.4 Å². The van der Waals surface area contributed by atoms with E-state index < -0.39 is 0 Å². The zero-order valence-corrected chi connectivity index (χ0v) is 13.3.